The van der Waals surface area contributed by atoms with E-state index in [-0.39, 0.29) is 24.0 Å². The smallest absolute Gasteiger partial charge is 0.234 e. The lowest BCUT2D eigenvalue weighted by molar-refractivity contribution is -0.116. The van der Waals surface area contributed by atoms with Gasteiger partial charge in [0.05, 0.1) is 12.2 Å². The molecule has 0 saturated heterocycles. The van der Waals surface area contributed by atoms with Gasteiger partial charge < -0.3 is 15.2 Å². The third-order valence-corrected chi connectivity index (χ3v) is 6.62. The van der Waals surface area contributed by atoms with Gasteiger partial charge in [0.1, 0.15) is 5.82 Å². The number of rotatable bonds is 8. The molecule has 0 spiro atoms. The Bertz CT molecular complexity index is 1350. The second kappa shape index (κ2) is 10.7. The number of halogens is 1. The highest BCUT2D eigenvalue weighted by Crippen LogP contribution is 2.22. The molecule has 4 rings (SSSR count). The van der Waals surface area contributed by atoms with Crippen molar-refractivity contribution < 1.29 is 9.59 Å². The first-order chi connectivity index (χ1) is 16.4. The van der Waals surface area contributed by atoms with Crippen LogP contribution in [0.4, 0.5) is 11.4 Å². The number of benzene rings is 3. The third-order valence-electron chi connectivity index (χ3n) is 5.25. The molecule has 0 fully saturated rings. The molecule has 174 valence electrons. The molecule has 0 radical (unpaired) electrons. The van der Waals surface area contributed by atoms with Gasteiger partial charge in [-0.15, -0.1) is 10.2 Å². The van der Waals surface area contributed by atoms with Gasteiger partial charge in [0.2, 0.25) is 11.8 Å². The minimum atomic E-state index is -0.215. The number of carbonyl (C=O) groups is 2. The summed E-state index contributed by atoms with van der Waals surface area (Å²) in [6.07, 6.45) is 0.0657. The van der Waals surface area contributed by atoms with Crippen LogP contribution in [-0.2, 0) is 22.6 Å². The molecule has 0 aliphatic carbocycles. The summed E-state index contributed by atoms with van der Waals surface area (Å²) in [7, 11) is 0. The number of hydrogen-bond donors (Lipinski definition) is 2. The van der Waals surface area contributed by atoms with E-state index in [4.69, 9.17) is 11.6 Å². The van der Waals surface area contributed by atoms with Gasteiger partial charge in [-0.3, -0.25) is 9.59 Å². The van der Waals surface area contributed by atoms with Crippen LogP contribution in [0.5, 0.6) is 0 Å². The Kier molecular flexibility index (Phi) is 7.49. The Labute approximate surface area is 206 Å². The average molecular weight is 494 g/mol. The first kappa shape index (κ1) is 23.8. The fraction of sp³-hybridized carbons (Fsp3) is 0.200. The van der Waals surface area contributed by atoms with Crippen LogP contribution < -0.4 is 10.6 Å². The summed E-state index contributed by atoms with van der Waals surface area (Å²) in [5.41, 5.74) is 2.31. The molecule has 9 heteroatoms. The molecule has 0 atom stereocenters. The Morgan fingerprint density at radius 2 is 1.65 bits per heavy atom. The summed E-state index contributed by atoms with van der Waals surface area (Å²) >= 11 is 7.42. The second-order valence-electron chi connectivity index (χ2n) is 7.73. The minimum absolute atomic E-state index is 0.0657. The Hall–Kier alpha value is -3.36. The summed E-state index contributed by atoms with van der Waals surface area (Å²) in [6, 6.07) is 19.2. The molecular formula is C25H24ClN5O2S. The highest BCUT2D eigenvalue weighted by atomic mass is 35.5. The lowest BCUT2D eigenvalue weighted by atomic mass is 10.1. The molecule has 0 bridgehead atoms. The van der Waals surface area contributed by atoms with E-state index in [1.165, 1.54) is 11.8 Å². The van der Waals surface area contributed by atoms with Crippen molar-refractivity contribution in [3.8, 4) is 0 Å². The third kappa shape index (κ3) is 5.76. The highest BCUT2D eigenvalue weighted by molar-refractivity contribution is 7.99. The van der Waals surface area contributed by atoms with Gasteiger partial charge in [-0.1, -0.05) is 59.8 Å². The van der Waals surface area contributed by atoms with Crippen molar-refractivity contribution in [1.29, 1.82) is 0 Å². The molecule has 0 unspecified atom stereocenters. The maximum atomic E-state index is 12.5. The first-order valence-corrected chi connectivity index (χ1v) is 12.2. The van der Waals surface area contributed by atoms with Crippen molar-refractivity contribution >= 4 is 57.3 Å². The van der Waals surface area contributed by atoms with Crippen LogP contribution in [0.25, 0.3) is 10.8 Å². The van der Waals surface area contributed by atoms with Gasteiger partial charge in [0, 0.05) is 22.9 Å². The standard InChI is InChI=1S/C25H24ClN5O2S/c1-3-31-22(14-23(32)27-20-10-8-16(2)21(26)13-20)29-30-25(31)34-15-24(33)28-19-11-9-17-6-4-5-7-18(17)12-19/h4-13H,3,14-15H2,1-2H3,(H,27,32)(H,28,33). The van der Waals surface area contributed by atoms with Crippen molar-refractivity contribution in [1.82, 2.24) is 14.8 Å². The molecule has 7 nitrogen and oxygen atoms in total. The van der Waals surface area contributed by atoms with E-state index in [1.807, 2.05) is 66.9 Å². The monoisotopic (exact) mass is 493 g/mol. The zero-order chi connectivity index (χ0) is 24.1. The average Bonchev–Trinajstić information content (AvgIpc) is 3.21. The van der Waals surface area contributed by atoms with Crippen LogP contribution in [0.15, 0.2) is 65.8 Å². The van der Waals surface area contributed by atoms with E-state index in [0.717, 1.165) is 22.0 Å². The van der Waals surface area contributed by atoms with Crippen LogP contribution in [0.1, 0.15) is 18.3 Å². The Balaban J connectivity index is 1.35. The van der Waals surface area contributed by atoms with Crippen molar-refractivity contribution in [3.63, 3.8) is 0 Å². The molecular weight excluding hydrogens is 470 g/mol. The molecule has 1 aromatic heterocycles. The predicted molar refractivity (Wildman–Crippen MR) is 138 cm³/mol. The van der Waals surface area contributed by atoms with Crippen LogP contribution in [0, 0.1) is 6.92 Å². The molecule has 0 aliphatic rings. The second-order valence-corrected chi connectivity index (χ2v) is 9.08. The molecule has 2 N–H and O–H groups in total. The van der Waals surface area contributed by atoms with Crippen molar-refractivity contribution in [3.05, 3.63) is 77.1 Å². The number of anilines is 2. The maximum Gasteiger partial charge on any atom is 0.234 e. The quantitative estimate of drug-likeness (QED) is 0.324. The fourth-order valence-corrected chi connectivity index (χ4v) is 4.49. The van der Waals surface area contributed by atoms with Crippen molar-refractivity contribution in [2.24, 2.45) is 0 Å². The largest absolute Gasteiger partial charge is 0.326 e. The zero-order valence-electron chi connectivity index (χ0n) is 18.8. The Morgan fingerprint density at radius 3 is 2.41 bits per heavy atom. The molecule has 0 saturated carbocycles. The summed E-state index contributed by atoms with van der Waals surface area (Å²) in [4.78, 5) is 25.0. The number of fused-ring (bicyclic) bond motifs is 1. The molecule has 2 amide bonds. The summed E-state index contributed by atoms with van der Waals surface area (Å²) < 4.78 is 1.84. The summed E-state index contributed by atoms with van der Waals surface area (Å²) in [5, 5.41) is 17.5. The number of aromatic nitrogens is 3. The minimum Gasteiger partial charge on any atom is -0.326 e. The Morgan fingerprint density at radius 1 is 0.941 bits per heavy atom. The SMILES string of the molecule is CCn1c(CC(=O)Nc2ccc(C)c(Cl)c2)nnc1SCC(=O)Nc1ccc2ccccc2c1. The fourth-order valence-electron chi connectivity index (χ4n) is 3.49. The predicted octanol–water partition coefficient (Wildman–Crippen LogP) is 5.33. The number of aryl methyl sites for hydroxylation is 1. The van der Waals surface area contributed by atoms with E-state index >= 15 is 0 Å². The van der Waals surface area contributed by atoms with Crippen LogP contribution in [-0.4, -0.2) is 32.3 Å². The van der Waals surface area contributed by atoms with Gasteiger partial charge in [0.25, 0.3) is 0 Å². The van der Waals surface area contributed by atoms with E-state index < -0.39 is 0 Å². The van der Waals surface area contributed by atoms with E-state index in [2.05, 4.69) is 20.8 Å². The molecule has 1 heterocycles. The summed E-state index contributed by atoms with van der Waals surface area (Å²) in [5.74, 6) is 0.365. The van der Waals surface area contributed by atoms with Crippen molar-refractivity contribution in [2.75, 3.05) is 16.4 Å². The maximum absolute atomic E-state index is 12.5. The molecule has 3 aromatic carbocycles. The number of nitrogens with one attached hydrogen (secondary N) is 2. The van der Waals surface area contributed by atoms with Crippen LogP contribution >= 0.6 is 23.4 Å². The zero-order valence-corrected chi connectivity index (χ0v) is 20.4. The molecule has 4 aromatic rings. The number of carbonyl (C=O) groups excluding carboxylic acids is 2. The normalized spacial score (nSPS) is 10.9. The van der Waals surface area contributed by atoms with Gasteiger partial charge in [0.15, 0.2) is 5.16 Å². The lowest BCUT2D eigenvalue weighted by Crippen LogP contribution is -2.18. The van der Waals surface area contributed by atoms with Crippen LogP contribution in [0.3, 0.4) is 0 Å². The van der Waals surface area contributed by atoms with Gasteiger partial charge in [-0.2, -0.15) is 0 Å². The number of nitrogens with zero attached hydrogens (tertiary/aromatic N) is 3. The number of amides is 2. The lowest BCUT2D eigenvalue weighted by Gasteiger charge is -2.09. The molecule has 34 heavy (non-hydrogen) atoms. The van der Waals surface area contributed by atoms with Crippen molar-refractivity contribution in [2.45, 2.75) is 32.0 Å². The highest BCUT2D eigenvalue weighted by Gasteiger charge is 2.16. The summed E-state index contributed by atoms with van der Waals surface area (Å²) in [6.45, 7) is 4.43. The van der Waals surface area contributed by atoms with Crippen LogP contribution in [0.2, 0.25) is 5.02 Å². The topological polar surface area (TPSA) is 88.9 Å². The van der Waals surface area contributed by atoms with Gasteiger partial charge >= 0.3 is 0 Å². The van der Waals surface area contributed by atoms with E-state index in [1.54, 1.807) is 12.1 Å². The first-order valence-electron chi connectivity index (χ1n) is 10.8. The molecule has 0 aliphatic heterocycles. The van der Waals surface area contributed by atoms with Gasteiger partial charge in [-0.25, -0.2) is 0 Å². The van der Waals surface area contributed by atoms with E-state index in [9.17, 15) is 9.59 Å². The number of thioether (sulfide) groups is 1. The number of hydrogen-bond acceptors (Lipinski definition) is 5. The van der Waals surface area contributed by atoms with E-state index in [0.29, 0.717) is 28.2 Å². The van der Waals surface area contributed by atoms with Gasteiger partial charge in [-0.05, 0) is 54.4 Å².